The first-order valence-corrected chi connectivity index (χ1v) is 13.3. The highest BCUT2D eigenvalue weighted by molar-refractivity contribution is 6.24. The molecule has 2 amide bonds. The van der Waals surface area contributed by atoms with E-state index in [1.807, 2.05) is 0 Å². The van der Waals surface area contributed by atoms with Gasteiger partial charge in [0.15, 0.2) is 11.4 Å². The number of nitrogens with zero attached hydrogens (tertiary/aromatic N) is 1. The number of phenols is 1. The minimum absolute atomic E-state index is 0.0340. The Balaban J connectivity index is 1.76. The van der Waals surface area contributed by atoms with Crippen molar-refractivity contribution < 1.29 is 39.6 Å². The van der Waals surface area contributed by atoms with Crippen LogP contribution in [0.1, 0.15) is 29.5 Å². The Morgan fingerprint density at radius 2 is 1.69 bits per heavy atom. The van der Waals surface area contributed by atoms with E-state index in [1.165, 1.54) is 25.1 Å². The average Bonchev–Trinajstić information content (AvgIpc) is 2.91. The van der Waals surface area contributed by atoms with Crippen molar-refractivity contribution in [3.8, 4) is 5.75 Å². The largest absolute Gasteiger partial charge is 0.508 e. The predicted octanol–water partition coefficient (Wildman–Crippen LogP) is 0.445. The second-order valence-corrected chi connectivity index (χ2v) is 11.3. The highest BCUT2D eigenvalue weighted by Crippen LogP contribution is 2.56. The smallest absolute Gasteiger partial charge is 0.255 e. The number of nitrogens with one attached hydrogen (secondary N) is 1. The number of aromatic hydroxyl groups is 1. The summed E-state index contributed by atoms with van der Waals surface area (Å²) in [5, 5.41) is 48.3. The van der Waals surface area contributed by atoms with E-state index in [0.717, 1.165) is 0 Å². The molecule has 12 nitrogen and oxygen atoms in total. The van der Waals surface area contributed by atoms with E-state index in [9.17, 15) is 39.6 Å². The molecule has 0 spiro atoms. The molecule has 1 fully saturated rings. The lowest BCUT2D eigenvalue weighted by atomic mass is 9.53. The number of carbonyl (C=O) groups excluding carboxylic acids is 4. The number of aliphatic hydroxyl groups excluding tert-OH is 2. The summed E-state index contributed by atoms with van der Waals surface area (Å²) in [6.45, 7) is 1.73. The maximum absolute atomic E-state index is 14.3. The number of anilines is 1. The molecule has 6 atom stereocenters. The predicted molar refractivity (Wildman–Crippen MR) is 151 cm³/mol. The van der Waals surface area contributed by atoms with Crippen molar-refractivity contribution in [3.63, 3.8) is 0 Å². The van der Waals surface area contributed by atoms with Crippen LogP contribution < -0.4 is 16.8 Å². The maximum Gasteiger partial charge on any atom is 0.255 e. The number of hydrogen-bond donors (Lipinski definition) is 7. The number of phenolic OH excluding ortho intramolecular Hbond substituents is 1. The Morgan fingerprint density at radius 3 is 2.29 bits per heavy atom. The number of rotatable bonds is 5. The Kier molecular flexibility index (Phi) is 6.86. The van der Waals surface area contributed by atoms with Crippen LogP contribution in [-0.2, 0) is 25.6 Å². The van der Waals surface area contributed by atoms with Crippen molar-refractivity contribution in [1.29, 1.82) is 0 Å². The first kappa shape index (κ1) is 28.8. The molecule has 5 rings (SSSR count). The number of aliphatic hydroxyl groups is 3. The third-order valence-corrected chi connectivity index (χ3v) is 8.70. The van der Waals surface area contributed by atoms with Crippen LogP contribution in [0.3, 0.4) is 0 Å². The van der Waals surface area contributed by atoms with Gasteiger partial charge in [0.2, 0.25) is 11.7 Å². The lowest BCUT2D eigenvalue weighted by molar-refractivity contribution is -0.159. The number of hydrogen-bond acceptors (Lipinski definition) is 10. The molecule has 2 aromatic rings. The van der Waals surface area contributed by atoms with Gasteiger partial charge in [0.25, 0.3) is 5.91 Å². The standard InChI is InChI=1S/C30H32N4O8/c1-12-15-5-4-6-16(35)19(15)25(37)20-18(12)23(33-17(36)11-13-7-9-14(31)10-8-13)22-24(34(2)3)26(38)21(29(32)41)28(40)30(22,42)27(20)39/h4-10,12,18,22-24,35,37,40,42H,11,31H2,1-3H3,(H2,32,41)(H,33,36)/t12-,18-,22-,23+,24-,30?/m1/s1. The molecule has 42 heavy (non-hydrogen) atoms. The molecular weight excluding hydrogens is 544 g/mol. The summed E-state index contributed by atoms with van der Waals surface area (Å²) in [6.07, 6.45) is -0.131. The highest BCUT2D eigenvalue weighted by atomic mass is 16.3. The Morgan fingerprint density at radius 1 is 1.05 bits per heavy atom. The number of fused-ring (bicyclic) bond motifs is 3. The third kappa shape index (κ3) is 4.05. The molecule has 220 valence electrons. The van der Waals surface area contributed by atoms with Crippen LogP contribution in [0.5, 0.6) is 5.75 Å². The van der Waals surface area contributed by atoms with E-state index in [0.29, 0.717) is 16.8 Å². The van der Waals surface area contributed by atoms with Crippen molar-refractivity contribution in [2.24, 2.45) is 17.6 Å². The van der Waals surface area contributed by atoms with E-state index in [-0.39, 0.29) is 23.3 Å². The molecule has 0 heterocycles. The molecule has 1 saturated carbocycles. The summed E-state index contributed by atoms with van der Waals surface area (Å²) >= 11 is 0. The second kappa shape index (κ2) is 10.00. The van der Waals surface area contributed by atoms with Crippen molar-refractivity contribution in [3.05, 3.63) is 76.1 Å². The van der Waals surface area contributed by atoms with Gasteiger partial charge < -0.3 is 37.2 Å². The van der Waals surface area contributed by atoms with Crippen molar-refractivity contribution in [2.75, 3.05) is 19.8 Å². The van der Waals surface area contributed by atoms with Crippen molar-refractivity contribution in [2.45, 2.75) is 36.9 Å². The first-order chi connectivity index (χ1) is 19.7. The van der Waals surface area contributed by atoms with Crippen LogP contribution in [0, 0.1) is 11.8 Å². The van der Waals surface area contributed by atoms with E-state index in [1.54, 1.807) is 43.3 Å². The molecule has 1 unspecified atom stereocenters. The number of likely N-dealkylation sites (N-methyl/N-ethyl adjacent to an activating group) is 1. The fourth-order valence-electron chi connectivity index (χ4n) is 6.86. The maximum atomic E-state index is 14.3. The fourth-order valence-corrected chi connectivity index (χ4v) is 6.86. The van der Waals surface area contributed by atoms with Gasteiger partial charge in [0.05, 0.1) is 18.0 Å². The Bertz CT molecular complexity index is 1590. The zero-order valence-corrected chi connectivity index (χ0v) is 23.2. The van der Waals surface area contributed by atoms with Crippen molar-refractivity contribution in [1.82, 2.24) is 10.2 Å². The summed E-state index contributed by atoms with van der Waals surface area (Å²) in [7, 11) is 2.98. The zero-order chi connectivity index (χ0) is 30.8. The quantitative estimate of drug-likeness (QED) is 0.192. The van der Waals surface area contributed by atoms with Gasteiger partial charge in [-0.25, -0.2) is 0 Å². The molecule has 0 aromatic heterocycles. The van der Waals surface area contributed by atoms with Crippen molar-refractivity contribution >= 4 is 34.8 Å². The summed E-state index contributed by atoms with van der Waals surface area (Å²) < 4.78 is 0. The van der Waals surface area contributed by atoms with Gasteiger partial charge >= 0.3 is 0 Å². The molecule has 0 aliphatic heterocycles. The van der Waals surface area contributed by atoms with Gasteiger partial charge in [0.1, 0.15) is 22.8 Å². The number of amides is 2. The van der Waals surface area contributed by atoms with Crippen LogP contribution in [0.25, 0.3) is 5.76 Å². The van der Waals surface area contributed by atoms with E-state index in [2.05, 4.69) is 5.32 Å². The fraction of sp³-hybridized carbons (Fsp3) is 0.333. The van der Waals surface area contributed by atoms with Gasteiger partial charge in [-0.3, -0.25) is 24.1 Å². The highest BCUT2D eigenvalue weighted by Gasteiger charge is 2.68. The molecule has 12 heteroatoms. The molecule has 3 aliphatic rings. The Labute approximate surface area is 240 Å². The first-order valence-electron chi connectivity index (χ1n) is 13.3. The van der Waals surface area contributed by atoms with Gasteiger partial charge in [0, 0.05) is 29.1 Å². The number of benzene rings is 2. The second-order valence-electron chi connectivity index (χ2n) is 11.3. The summed E-state index contributed by atoms with van der Waals surface area (Å²) in [5.41, 5.74) is 8.47. The number of primary amides is 1. The van der Waals surface area contributed by atoms with Crippen LogP contribution in [0.4, 0.5) is 5.69 Å². The van der Waals surface area contributed by atoms with E-state index in [4.69, 9.17) is 11.5 Å². The normalized spacial score (nSPS) is 28.7. The third-order valence-electron chi connectivity index (χ3n) is 8.70. The van der Waals surface area contributed by atoms with Gasteiger partial charge in [-0.2, -0.15) is 0 Å². The monoisotopic (exact) mass is 576 g/mol. The SMILES string of the molecule is C[C@@H]1c2cccc(O)c2C(O)=C2C(=O)C3(O)C(O)=C(C(N)=O)C(=O)[C@H](N(C)C)[C@H]3[C@@H](NC(=O)Cc3ccc(N)cc3)[C@@H]21. The molecular formula is C30H32N4O8. The Hall–Kier alpha value is -4.68. The molecule has 0 bridgehead atoms. The minimum Gasteiger partial charge on any atom is -0.508 e. The van der Waals surface area contributed by atoms with Crippen LogP contribution in [0.2, 0.25) is 0 Å². The number of ketones is 2. The van der Waals surface area contributed by atoms with Crippen LogP contribution >= 0.6 is 0 Å². The molecule has 2 aromatic carbocycles. The van der Waals surface area contributed by atoms with Crippen LogP contribution in [0.15, 0.2) is 59.4 Å². The number of nitrogen functional groups attached to an aromatic ring is 1. The summed E-state index contributed by atoms with van der Waals surface area (Å²) in [4.78, 5) is 55.1. The number of nitrogens with two attached hydrogens (primary N) is 2. The van der Waals surface area contributed by atoms with Crippen LogP contribution in [-0.4, -0.2) is 80.5 Å². The number of Topliss-reactive ketones (excluding diaryl/α,β-unsaturated/α-hetero) is 2. The molecule has 3 aliphatic carbocycles. The lowest BCUT2D eigenvalue weighted by Crippen LogP contribution is -2.73. The van der Waals surface area contributed by atoms with Gasteiger partial charge in [-0.15, -0.1) is 0 Å². The summed E-state index contributed by atoms with van der Waals surface area (Å²) in [6, 6.07) is 8.51. The van der Waals surface area contributed by atoms with E-state index < -0.39 is 75.9 Å². The molecule has 9 N–H and O–H groups in total. The average molecular weight is 577 g/mol. The van der Waals surface area contributed by atoms with Gasteiger partial charge in [-0.1, -0.05) is 31.2 Å². The van der Waals surface area contributed by atoms with Gasteiger partial charge in [-0.05, 0) is 49.3 Å². The summed E-state index contributed by atoms with van der Waals surface area (Å²) in [5.74, 6) is -9.35. The topological polar surface area (TPSA) is 217 Å². The van der Waals surface area contributed by atoms with E-state index >= 15 is 0 Å². The minimum atomic E-state index is -2.94. The number of carbonyl (C=O) groups is 4. The lowest BCUT2D eigenvalue weighted by Gasteiger charge is -2.55. The molecule has 0 radical (unpaired) electrons. The zero-order valence-electron chi connectivity index (χ0n) is 23.2. The molecule has 0 saturated heterocycles.